The fourth-order valence-corrected chi connectivity index (χ4v) is 5.91. The molecule has 0 heterocycles. The number of nitrogens with zero attached hydrogens (tertiary/aromatic N) is 2. The largest absolute Gasteiger partial charge is 0.354 e. The predicted octanol–water partition coefficient (Wildman–Crippen LogP) is 6.03. The third kappa shape index (κ3) is 8.11. The van der Waals surface area contributed by atoms with Gasteiger partial charge in [-0.25, -0.2) is 8.42 Å². The van der Waals surface area contributed by atoms with Crippen molar-refractivity contribution < 1.29 is 18.0 Å². The van der Waals surface area contributed by atoms with Crippen LogP contribution in [0.5, 0.6) is 0 Å². The first-order valence-corrected chi connectivity index (χ1v) is 14.8. The Balaban J connectivity index is 2.04. The number of anilines is 1. The molecule has 0 radical (unpaired) electrons. The van der Waals surface area contributed by atoms with Gasteiger partial charge in [0.1, 0.15) is 12.6 Å². The van der Waals surface area contributed by atoms with E-state index in [0.29, 0.717) is 17.1 Å². The molecule has 3 rings (SSSR count). The van der Waals surface area contributed by atoms with Crippen LogP contribution in [0.2, 0.25) is 15.1 Å². The molecule has 0 saturated carbocycles. The van der Waals surface area contributed by atoms with Gasteiger partial charge in [-0.15, -0.1) is 0 Å². The van der Waals surface area contributed by atoms with Crippen molar-refractivity contribution in [2.75, 3.05) is 17.4 Å². The van der Waals surface area contributed by atoms with Gasteiger partial charge in [0.25, 0.3) is 10.0 Å². The summed E-state index contributed by atoms with van der Waals surface area (Å²) >= 11 is 18.8. The van der Waals surface area contributed by atoms with Gasteiger partial charge in [-0.1, -0.05) is 85.0 Å². The lowest BCUT2D eigenvalue weighted by Gasteiger charge is -2.32. The summed E-state index contributed by atoms with van der Waals surface area (Å²) in [6, 6.07) is 18.1. The van der Waals surface area contributed by atoms with Crippen LogP contribution in [0.15, 0.2) is 77.7 Å². The quantitative estimate of drug-likeness (QED) is 0.287. The molecule has 3 aromatic rings. The standard InChI is InChI=1S/C28H30Cl3N3O4S/c1-19(2)16-32-28(36)20(3)33(17-21-9-7-8-12-26(21)31)27(35)18-34(24-14-22(29)13-23(30)15-24)39(37,38)25-10-5-4-6-11-25/h4-15,19-20H,16-18H2,1-3H3,(H,32,36)/t20-/m1/s1. The summed E-state index contributed by atoms with van der Waals surface area (Å²) in [6.45, 7) is 5.31. The number of benzene rings is 3. The van der Waals surface area contributed by atoms with Gasteiger partial charge in [-0.2, -0.15) is 0 Å². The van der Waals surface area contributed by atoms with Crippen LogP contribution in [0, 0.1) is 5.92 Å². The molecule has 0 spiro atoms. The third-order valence-electron chi connectivity index (χ3n) is 5.90. The Morgan fingerprint density at radius 2 is 1.46 bits per heavy atom. The number of hydrogen-bond donors (Lipinski definition) is 1. The molecule has 0 aliphatic rings. The van der Waals surface area contributed by atoms with Crippen molar-refractivity contribution in [3.8, 4) is 0 Å². The maximum Gasteiger partial charge on any atom is 0.264 e. The summed E-state index contributed by atoms with van der Waals surface area (Å²) in [7, 11) is -4.22. The van der Waals surface area contributed by atoms with Crippen LogP contribution in [-0.4, -0.2) is 44.3 Å². The van der Waals surface area contributed by atoms with Crippen molar-refractivity contribution in [3.05, 3.63) is 93.4 Å². The summed E-state index contributed by atoms with van der Waals surface area (Å²) in [5.41, 5.74) is 0.721. The Morgan fingerprint density at radius 1 is 0.872 bits per heavy atom. The Labute approximate surface area is 244 Å². The second-order valence-electron chi connectivity index (χ2n) is 9.38. The highest BCUT2D eigenvalue weighted by Gasteiger charge is 2.33. The van der Waals surface area contributed by atoms with Crippen LogP contribution in [0.25, 0.3) is 0 Å². The van der Waals surface area contributed by atoms with Crippen LogP contribution < -0.4 is 9.62 Å². The van der Waals surface area contributed by atoms with Crippen LogP contribution in [0.4, 0.5) is 5.69 Å². The Kier molecular flexibility index (Phi) is 10.7. The first-order chi connectivity index (χ1) is 18.4. The van der Waals surface area contributed by atoms with Crippen LogP contribution in [-0.2, 0) is 26.2 Å². The topological polar surface area (TPSA) is 86.8 Å². The van der Waals surface area contributed by atoms with E-state index >= 15 is 0 Å². The van der Waals surface area contributed by atoms with Crippen LogP contribution in [0.1, 0.15) is 26.3 Å². The highest BCUT2D eigenvalue weighted by atomic mass is 35.5. The predicted molar refractivity (Wildman–Crippen MR) is 157 cm³/mol. The number of hydrogen-bond acceptors (Lipinski definition) is 4. The number of sulfonamides is 1. The highest BCUT2D eigenvalue weighted by molar-refractivity contribution is 7.92. The van der Waals surface area contributed by atoms with Crippen molar-refractivity contribution in [1.29, 1.82) is 0 Å². The van der Waals surface area contributed by atoms with Crippen molar-refractivity contribution >= 4 is 62.3 Å². The fourth-order valence-electron chi connectivity index (χ4n) is 3.78. The minimum atomic E-state index is -4.22. The van der Waals surface area contributed by atoms with Crippen molar-refractivity contribution in [2.24, 2.45) is 5.92 Å². The van der Waals surface area contributed by atoms with Crippen molar-refractivity contribution in [2.45, 2.75) is 38.3 Å². The molecule has 0 aromatic heterocycles. The summed E-state index contributed by atoms with van der Waals surface area (Å²) in [5.74, 6) is -0.780. The summed E-state index contributed by atoms with van der Waals surface area (Å²) in [5, 5.41) is 3.66. The van der Waals surface area contributed by atoms with Crippen molar-refractivity contribution in [3.63, 3.8) is 0 Å². The summed E-state index contributed by atoms with van der Waals surface area (Å²) < 4.78 is 28.5. The molecule has 39 heavy (non-hydrogen) atoms. The van der Waals surface area contributed by atoms with Gasteiger partial charge in [0.15, 0.2) is 0 Å². The monoisotopic (exact) mass is 609 g/mol. The van der Waals surface area contributed by atoms with Crippen molar-refractivity contribution in [1.82, 2.24) is 10.2 Å². The number of rotatable bonds is 11. The molecule has 3 aromatic carbocycles. The molecule has 0 bridgehead atoms. The molecule has 1 N–H and O–H groups in total. The zero-order valence-electron chi connectivity index (χ0n) is 21.8. The molecule has 7 nitrogen and oxygen atoms in total. The zero-order valence-corrected chi connectivity index (χ0v) is 24.9. The van der Waals surface area contributed by atoms with E-state index in [0.717, 1.165) is 4.31 Å². The lowest BCUT2D eigenvalue weighted by Crippen LogP contribution is -2.51. The first-order valence-electron chi connectivity index (χ1n) is 12.2. The number of nitrogens with one attached hydrogen (secondary N) is 1. The zero-order chi connectivity index (χ0) is 28.7. The van der Waals surface area contributed by atoms with Gasteiger partial charge in [0.05, 0.1) is 10.6 Å². The molecule has 0 fully saturated rings. The molecule has 0 unspecified atom stereocenters. The second kappa shape index (κ2) is 13.5. The van der Waals surface area contributed by atoms with E-state index in [-0.39, 0.29) is 39.0 Å². The number of amides is 2. The molecule has 208 valence electrons. The minimum absolute atomic E-state index is 0.00962. The van der Waals surface area contributed by atoms with Gasteiger partial charge >= 0.3 is 0 Å². The molecule has 2 amide bonds. The Morgan fingerprint density at radius 3 is 2.05 bits per heavy atom. The van der Waals surface area contributed by atoms with Gasteiger partial charge in [0.2, 0.25) is 11.8 Å². The SMILES string of the molecule is CC(C)CNC(=O)[C@@H](C)N(Cc1ccccc1Cl)C(=O)CN(c1cc(Cl)cc(Cl)c1)S(=O)(=O)c1ccccc1. The summed E-state index contributed by atoms with van der Waals surface area (Å²) in [6.07, 6.45) is 0. The van der Waals surface area contributed by atoms with E-state index in [1.807, 2.05) is 13.8 Å². The van der Waals surface area contributed by atoms with Gasteiger partial charge in [-0.05, 0) is 54.8 Å². The maximum absolute atomic E-state index is 13.9. The normalized spacial score (nSPS) is 12.2. The molecular formula is C28H30Cl3N3O4S. The lowest BCUT2D eigenvalue weighted by molar-refractivity contribution is -0.139. The highest BCUT2D eigenvalue weighted by Crippen LogP contribution is 2.30. The number of carbonyl (C=O) groups is 2. The van der Waals surface area contributed by atoms with E-state index in [2.05, 4.69) is 5.32 Å². The van der Waals surface area contributed by atoms with Gasteiger partial charge in [0, 0.05) is 28.2 Å². The first kappa shape index (κ1) is 30.8. The van der Waals surface area contributed by atoms with Crippen LogP contribution >= 0.6 is 34.8 Å². The average Bonchev–Trinajstić information content (AvgIpc) is 2.89. The molecular weight excluding hydrogens is 581 g/mol. The Hall–Kier alpha value is -2.78. The Bertz CT molecular complexity index is 1400. The lowest BCUT2D eigenvalue weighted by atomic mass is 10.1. The minimum Gasteiger partial charge on any atom is -0.354 e. The average molecular weight is 611 g/mol. The second-order valence-corrected chi connectivity index (χ2v) is 12.5. The molecule has 0 aliphatic heterocycles. The number of carbonyl (C=O) groups excluding carboxylic acids is 2. The fraction of sp³-hybridized carbons (Fsp3) is 0.286. The van der Waals surface area contributed by atoms with Gasteiger partial charge < -0.3 is 10.2 Å². The van der Waals surface area contributed by atoms with E-state index in [1.54, 1.807) is 49.4 Å². The smallest absolute Gasteiger partial charge is 0.264 e. The third-order valence-corrected chi connectivity index (χ3v) is 8.49. The molecule has 0 saturated heterocycles. The molecule has 11 heteroatoms. The van der Waals surface area contributed by atoms with E-state index in [9.17, 15) is 18.0 Å². The van der Waals surface area contributed by atoms with E-state index in [1.165, 1.54) is 35.2 Å². The van der Waals surface area contributed by atoms with E-state index < -0.39 is 28.5 Å². The van der Waals surface area contributed by atoms with Gasteiger partial charge in [-0.3, -0.25) is 13.9 Å². The van der Waals surface area contributed by atoms with Crippen LogP contribution in [0.3, 0.4) is 0 Å². The maximum atomic E-state index is 13.9. The number of halogens is 3. The molecule has 1 atom stereocenters. The molecule has 0 aliphatic carbocycles. The van der Waals surface area contributed by atoms with E-state index in [4.69, 9.17) is 34.8 Å². The summed E-state index contributed by atoms with van der Waals surface area (Å²) in [4.78, 5) is 28.2.